The Morgan fingerprint density at radius 3 is 2.39 bits per heavy atom. The Hall–Kier alpha value is -2.24. The van der Waals surface area contributed by atoms with Crippen LogP contribution in [-0.2, 0) is 16.0 Å². The van der Waals surface area contributed by atoms with Crippen molar-refractivity contribution in [1.29, 1.82) is 0 Å². The molecule has 1 aromatic rings. The van der Waals surface area contributed by atoms with E-state index in [9.17, 15) is 9.59 Å². The molecule has 0 unspecified atom stereocenters. The summed E-state index contributed by atoms with van der Waals surface area (Å²) in [6, 6.07) is 7.88. The highest BCUT2D eigenvalue weighted by Crippen LogP contribution is 2.14. The Balaban J connectivity index is 1.70. The quantitative estimate of drug-likeness (QED) is 0.901. The SMILES string of the molecule is COC(=O)N1CCC(NC(=O)CCc2ccc(OC)cc2)CC1. The van der Waals surface area contributed by atoms with Crippen LogP contribution in [0.2, 0.25) is 0 Å². The van der Waals surface area contributed by atoms with Crippen molar-refractivity contribution >= 4 is 12.0 Å². The molecule has 0 saturated carbocycles. The van der Waals surface area contributed by atoms with Gasteiger partial charge < -0.3 is 19.7 Å². The molecule has 1 aliphatic heterocycles. The van der Waals surface area contributed by atoms with Gasteiger partial charge in [-0.3, -0.25) is 4.79 Å². The third-order valence-electron chi connectivity index (χ3n) is 4.09. The second-order valence-electron chi connectivity index (χ2n) is 5.65. The number of methoxy groups -OCH3 is 2. The van der Waals surface area contributed by atoms with Gasteiger partial charge in [0, 0.05) is 25.6 Å². The molecule has 1 aromatic carbocycles. The maximum Gasteiger partial charge on any atom is 0.409 e. The zero-order valence-electron chi connectivity index (χ0n) is 13.7. The maximum absolute atomic E-state index is 12.0. The third-order valence-corrected chi connectivity index (χ3v) is 4.09. The zero-order valence-corrected chi connectivity index (χ0v) is 13.7. The lowest BCUT2D eigenvalue weighted by Gasteiger charge is -2.31. The minimum absolute atomic E-state index is 0.0531. The zero-order chi connectivity index (χ0) is 16.7. The molecule has 0 bridgehead atoms. The van der Waals surface area contributed by atoms with Crippen molar-refractivity contribution in [3.05, 3.63) is 29.8 Å². The minimum atomic E-state index is -0.297. The summed E-state index contributed by atoms with van der Waals surface area (Å²) in [7, 11) is 3.02. The summed E-state index contributed by atoms with van der Waals surface area (Å²) in [5, 5.41) is 3.05. The highest BCUT2D eigenvalue weighted by molar-refractivity contribution is 5.76. The molecular weight excluding hydrogens is 296 g/mol. The number of amides is 2. The van der Waals surface area contributed by atoms with E-state index in [1.807, 2.05) is 24.3 Å². The summed E-state index contributed by atoms with van der Waals surface area (Å²) < 4.78 is 9.81. The van der Waals surface area contributed by atoms with Crippen LogP contribution in [0.15, 0.2) is 24.3 Å². The molecular formula is C17H24N2O4. The molecule has 1 saturated heterocycles. The van der Waals surface area contributed by atoms with E-state index in [4.69, 9.17) is 9.47 Å². The number of carbonyl (C=O) groups excluding carboxylic acids is 2. The molecule has 0 atom stereocenters. The van der Waals surface area contributed by atoms with Crippen LogP contribution in [0, 0.1) is 0 Å². The monoisotopic (exact) mass is 320 g/mol. The van der Waals surface area contributed by atoms with Crippen molar-refractivity contribution in [3.8, 4) is 5.75 Å². The van der Waals surface area contributed by atoms with E-state index >= 15 is 0 Å². The van der Waals surface area contributed by atoms with Gasteiger partial charge in [-0.2, -0.15) is 0 Å². The predicted octanol–water partition coefficient (Wildman–Crippen LogP) is 1.97. The first-order chi connectivity index (χ1) is 11.1. The number of nitrogens with zero attached hydrogens (tertiary/aromatic N) is 1. The summed E-state index contributed by atoms with van der Waals surface area (Å²) in [5.74, 6) is 0.868. The van der Waals surface area contributed by atoms with Crippen LogP contribution in [-0.4, -0.2) is 50.3 Å². The van der Waals surface area contributed by atoms with Gasteiger partial charge in [-0.15, -0.1) is 0 Å². The second kappa shape index (κ2) is 8.41. The van der Waals surface area contributed by atoms with E-state index in [0.717, 1.165) is 24.2 Å². The highest BCUT2D eigenvalue weighted by Gasteiger charge is 2.23. The van der Waals surface area contributed by atoms with Crippen LogP contribution in [0.1, 0.15) is 24.8 Å². The van der Waals surface area contributed by atoms with Crippen LogP contribution >= 0.6 is 0 Å². The first kappa shape index (κ1) is 17.1. The molecule has 6 heteroatoms. The van der Waals surface area contributed by atoms with Crippen molar-refractivity contribution in [2.45, 2.75) is 31.7 Å². The molecule has 0 radical (unpaired) electrons. The summed E-state index contributed by atoms with van der Waals surface area (Å²) >= 11 is 0. The normalized spacial score (nSPS) is 15.1. The van der Waals surface area contributed by atoms with Gasteiger partial charge in [0.25, 0.3) is 0 Å². The van der Waals surface area contributed by atoms with Crippen molar-refractivity contribution in [2.75, 3.05) is 27.3 Å². The van der Waals surface area contributed by atoms with Gasteiger partial charge in [0.2, 0.25) is 5.91 Å². The standard InChI is InChI=1S/C17H24N2O4/c1-22-15-6-3-13(4-7-15)5-8-16(20)18-14-9-11-19(12-10-14)17(21)23-2/h3-4,6-7,14H,5,8-12H2,1-2H3,(H,18,20). The van der Waals surface area contributed by atoms with E-state index in [1.54, 1.807) is 12.0 Å². The number of hydrogen-bond acceptors (Lipinski definition) is 4. The van der Waals surface area contributed by atoms with Crippen molar-refractivity contribution < 1.29 is 19.1 Å². The Morgan fingerprint density at radius 2 is 1.83 bits per heavy atom. The first-order valence-corrected chi connectivity index (χ1v) is 7.87. The molecule has 1 fully saturated rings. The smallest absolute Gasteiger partial charge is 0.409 e. The third kappa shape index (κ3) is 5.16. The average molecular weight is 320 g/mol. The molecule has 2 amide bonds. The largest absolute Gasteiger partial charge is 0.497 e. The first-order valence-electron chi connectivity index (χ1n) is 7.87. The fourth-order valence-electron chi connectivity index (χ4n) is 2.69. The molecule has 1 heterocycles. The summed E-state index contributed by atoms with van der Waals surface area (Å²) in [5.41, 5.74) is 1.11. The van der Waals surface area contributed by atoms with Crippen molar-refractivity contribution in [3.63, 3.8) is 0 Å². The molecule has 2 rings (SSSR count). The number of ether oxygens (including phenoxy) is 2. The average Bonchev–Trinajstić information content (AvgIpc) is 2.60. The number of nitrogens with one attached hydrogen (secondary N) is 1. The van der Waals surface area contributed by atoms with Gasteiger partial charge >= 0.3 is 6.09 Å². The second-order valence-corrected chi connectivity index (χ2v) is 5.65. The van der Waals surface area contributed by atoms with Crippen molar-refractivity contribution in [1.82, 2.24) is 10.2 Å². The number of carbonyl (C=O) groups is 2. The van der Waals surface area contributed by atoms with Gasteiger partial charge in [-0.1, -0.05) is 12.1 Å². The van der Waals surface area contributed by atoms with Crippen LogP contribution in [0.3, 0.4) is 0 Å². The minimum Gasteiger partial charge on any atom is -0.497 e. The number of rotatable bonds is 5. The van der Waals surface area contributed by atoms with E-state index in [2.05, 4.69) is 5.32 Å². The Labute approximate surface area is 136 Å². The van der Waals surface area contributed by atoms with Gasteiger partial charge in [-0.25, -0.2) is 4.79 Å². The number of likely N-dealkylation sites (tertiary alicyclic amines) is 1. The summed E-state index contributed by atoms with van der Waals surface area (Å²) in [6.45, 7) is 1.24. The topological polar surface area (TPSA) is 67.9 Å². The molecule has 1 aliphatic rings. The van der Waals surface area contributed by atoms with Gasteiger partial charge in [0.05, 0.1) is 14.2 Å². The molecule has 23 heavy (non-hydrogen) atoms. The molecule has 6 nitrogen and oxygen atoms in total. The van der Waals surface area contributed by atoms with E-state index < -0.39 is 0 Å². The van der Waals surface area contributed by atoms with E-state index in [-0.39, 0.29) is 18.0 Å². The predicted molar refractivity (Wildman–Crippen MR) is 86.5 cm³/mol. The lowest BCUT2D eigenvalue weighted by molar-refractivity contribution is -0.122. The fraction of sp³-hybridized carbons (Fsp3) is 0.529. The lowest BCUT2D eigenvalue weighted by Crippen LogP contribution is -2.46. The molecule has 0 aliphatic carbocycles. The Bertz CT molecular complexity index is 522. The highest BCUT2D eigenvalue weighted by atomic mass is 16.5. The number of aryl methyl sites for hydroxylation is 1. The van der Waals surface area contributed by atoms with Crippen LogP contribution < -0.4 is 10.1 Å². The van der Waals surface area contributed by atoms with E-state index in [1.165, 1.54) is 7.11 Å². The van der Waals surface area contributed by atoms with Crippen LogP contribution in [0.25, 0.3) is 0 Å². The van der Waals surface area contributed by atoms with Gasteiger partial charge in [0.1, 0.15) is 5.75 Å². The molecule has 0 aromatic heterocycles. The number of piperidine rings is 1. The summed E-state index contributed by atoms with van der Waals surface area (Å²) in [6.07, 6.45) is 2.40. The number of benzene rings is 1. The fourth-order valence-corrected chi connectivity index (χ4v) is 2.69. The summed E-state index contributed by atoms with van der Waals surface area (Å²) in [4.78, 5) is 25.1. The van der Waals surface area contributed by atoms with Crippen molar-refractivity contribution in [2.24, 2.45) is 0 Å². The molecule has 1 N–H and O–H groups in total. The Kier molecular flexibility index (Phi) is 6.26. The maximum atomic E-state index is 12.0. The van der Waals surface area contributed by atoms with E-state index in [0.29, 0.717) is 25.9 Å². The Morgan fingerprint density at radius 1 is 1.17 bits per heavy atom. The number of hydrogen-bond donors (Lipinski definition) is 1. The van der Waals surface area contributed by atoms with Gasteiger partial charge in [-0.05, 0) is 37.0 Å². The molecule has 126 valence electrons. The van der Waals surface area contributed by atoms with Crippen LogP contribution in [0.5, 0.6) is 5.75 Å². The van der Waals surface area contributed by atoms with Crippen LogP contribution in [0.4, 0.5) is 4.79 Å². The lowest BCUT2D eigenvalue weighted by atomic mass is 10.0. The van der Waals surface area contributed by atoms with Gasteiger partial charge in [0.15, 0.2) is 0 Å². The molecule has 0 spiro atoms.